The minimum atomic E-state index is -0.146. The van der Waals surface area contributed by atoms with Gasteiger partial charge in [0.1, 0.15) is 0 Å². The first-order valence-electron chi connectivity index (χ1n) is 4.45. The van der Waals surface area contributed by atoms with Crippen LogP contribution in [0.2, 0.25) is 0 Å². The van der Waals surface area contributed by atoms with Crippen LogP contribution in [0.3, 0.4) is 0 Å². The lowest BCUT2D eigenvalue weighted by atomic mass is 10.1. The predicted octanol–water partition coefficient (Wildman–Crippen LogP) is 2.32. The van der Waals surface area contributed by atoms with E-state index < -0.39 is 0 Å². The van der Waals surface area contributed by atoms with Crippen LogP contribution >= 0.6 is 0 Å². The SMILES string of the molecule is CC.CC.CC1(C(N)=O)CC1. The third-order valence-electron chi connectivity index (χ3n) is 1.59. The van der Waals surface area contributed by atoms with Crippen LogP contribution in [0.4, 0.5) is 0 Å². The van der Waals surface area contributed by atoms with Gasteiger partial charge in [-0.3, -0.25) is 4.79 Å². The summed E-state index contributed by atoms with van der Waals surface area (Å²) < 4.78 is 0. The van der Waals surface area contributed by atoms with Gasteiger partial charge in [0.25, 0.3) is 0 Å². The van der Waals surface area contributed by atoms with Crippen LogP contribution in [-0.4, -0.2) is 5.91 Å². The van der Waals surface area contributed by atoms with Crippen molar-refractivity contribution < 1.29 is 4.79 Å². The van der Waals surface area contributed by atoms with Gasteiger partial charge in [-0.1, -0.05) is 34.6 Å². The molecule has 1 aliphatic carbocycles. The van der Waals surface area contributed by atoms with Crippen molar-refractivity contribution in [3.8, 4) is 0 Å². The molecular formula is C9H21NO. The molecule has 0 atom stereocenters. The standard InChI is InChI=1S/C5H9NO.2C2H6/c1-5(2-3-5)4(6)7;2*1-2/h2-3H2,1H3,(H2,6,7);2*1-2H3. The number of carbonyl (C=O) groups is 1. The van der Waals surface area contributed by atoms with E-state index in [1.165, 1.54) is 0 Å². The van der Waals surface area contributed by atoms with Gasteiger partial charge in [-0.15, -0.1) is 0 Å². The van der Waals surface area contributed by atoms with E-state index in [0.717, 1.165) is 12.8 Å². The van der Waals surface area contributed by atoms with Gasteiger partial charge in [0, 0.05) is 5.41 Å². The average molecular weight is 159 g/mol. The van der Waals surface area contributed by atoms with Crippen LogP contribution in [-0.2, 0) is 4.79 Å². The molecule has 0 aromatic heterocycles. The van der Waals surface area contributed by atoms with Crippen molar-refractivity contribution >= 4 is 5.91 Å². The number of amides is 1. The summed E-state index contributed by atoms with van der Waals surface area (Å²) in [7, 11) is 0. The summed E-state index contributed by atoms with van der Waals surface area (Å²) in [6, 6.07) is 0. The van der Waals surface area contributed by atoms with Crippen LogP contribution in [0.1, 0.15) is 47.5 Å². The summed E-state index contributed by atoms with van der Waals surface area (Å²) in [5.74, 6) is -0.146. The highest BCUT2D eigenvalue weighted by Crippen LogP contribution is 2.44. The number of primary amides is 1. The van der Waals surface area contributed by atoms with E-state index in [-0.39, 0.29) is 11.3 Å². The first kappa shape index (κ1) is 13.1. The minimum absolute atomic E-state index is 0.111. The fourth-order valence-electron chi connectivity index (χ4n) is 0.434. The lowest BCUT2D eigenvalue weighted by Crippen LogP contribution is -2.21. The molecule has 11 heavy (non-hydrogen) atoms. The number of carbonyl (C=O) groups excluding carboxylic acids is 1. The zero-order valence-corrected chi connectivity index (χ0v) is 8.40. The second-order valence-electron chi connectivity index (χ2n) is 2.42. The van der Waals surface area contributed by atoms with Crippen LogP contribution in [0.5, 0.6) is 0 Å². The van der Waals surface area contributed by atoms with Gasteiger partial charge < -0.3 is 5.73 Å². The van der Waals surface area contributed by atoms with Gasteiger partial charge in [0.05, 0.1) is 0 Å². The number of hydrogen-bond donors (Lipinski definition) is 1. The molecule has 0 saturated heterocycles. The molecule has 2 nitrogen and oxygen atoms in total. The zero-order chi connectivity index (χ0) is 9.49. The molecule has 2 N–H and O–H groups in total. The Bertz CT molecular complexity index is 106. The molecule has 0 aromatic rings. The van der Waals surface area contributed by atoms with E-state index in [9.17, 15) is 4.79 Å². The maximum absolute atomic E-state index is 10.3. The number of hydrogen-bond acceptors (Lipinski definition) is 1. The van der Waals surface area contributed by atoms with Gasteiger partial charge in [-0.05, 0) is 12.8 Å². The van der Waals surface area contributed by atoms with Crippen molar-refractivity contribution in [3.05, 3.63) is 0 Å². The Balaban J connectivity index is 0. The highest BCUT2D eigenvalue weighted by atomic mass is 16.1. The van der Waals surface area contributed by atoms with Crippen LogP contribution in [0.25, 0.3) is 0 Å². The molecule has 2 heteroatoms. The molecule has 1 fully saturated rings. The van der Waals surface area contributed by atoms with Gasteiger partial charge >= 0.3 is 0 Å². The summed E-state index contributed by atoms with van der Waals surface area (Å²) in [6.45, 7) is 9.90. The Morgan fingerprint density at radius 3 is 1.45 bits per heavy atom. The maximum atomic E-state index is 10.3. The summed E-state index contributed by atoms with van der Waals surface area (Å²) in [5.41, 5.74) is 4.88. The Kier molecular flexibility index (Phi) is 7.37. The van der Waals surface area contributed by atoms with Crippen molar-refractivity contribution in [2.45, 2.75) is 47.5 Å². The van der Waals surface area contributed by atoms with Gasteiger partial charge in [0.15, 0.2) is 0 Å². The molecule has 0 aliphatic heterocycles. The summed E-state index contributed by atoms with van der Waals surface area (Å²) in [4.78, 5) is 10.3. The van der Waals surface area contributed by atoms with Crippen LogP contribution < -0.4 is 5.73 Å². The second kappa shape index (κ2) is 6.20. The first-order chi connectivity index (χ1) is 5.15. The quantitative estimate of drug-likeness (QED) is 0.627. The van der Waals surface area contributed by atoms with Crippen molar-refractivity contribution in [2.24, 2.45) is 11.1 Å². The molecular weight excluding hydrogens is 138 g/mol. The number of rotatable bonds is 1. The van der Waals surface area contributed by atoms with Gasteiger partial charge in [-0.25, -0.2) is 0 Å². The highest BCUT2D eigenvalue weighted by Gasteiger charge is 2.43. The van der Waals surface area contributed by atoms with Crippen LogP contribution in [0.15, 0.2) is 0 Å². The molecule has 68 valence electrons. The second-order valence-corrected chi connectivity index (χ2v) is 2.42. The van der Waals surface area contributed by atoms with Crippen molar-refractivity contribution in [1.82, 2.24) is 0 Å². The summed E-state index contributed by atoms with van der Waals surface area (Å²) in [5, 5.41) is 0. The lowest BCUT2D eigenvalue weighted by Gasteiger charge is -1.96. The maximum Gasteiger partial charge on any atom is 0.223 e. The third kappa shape index (κ3) is 4.82. The van der Waals surface area contributed by atoms with E-state index in [0.29, 0.717) is 0 Å². The molecule has 0 spiro atoms. The Hall–Kier alpha value is -0.530. The van der Waals surface area contributed by atoms with E-state index in [1.807, 2.05) is 34.6 Å². The summed E-state index contributed by atoms with van der Waals surface area (Å²) in [6.07, 6.45) is 1.98. The molecule has 1 aliphatic rings. The molecule has 0 heterocycles. The highest BCUT2D eigenvalue weighted by molar-refractivity contribution is 5.82. The molecule has 1 rings (SSSR count). The van der Waals surface area contributed by atoms with Crippen molar-refractivity contribution in [2.75, 3.05) is 0 Å². The fraction of sp³-hybridized carbons (Fsp3) is 0.889. The smallest absolute Gasteiger partial charge is 0.223 e. The van der Waals surface area contributed by atoms with Crippen molar-refractivity contribution in [1.29, 1.82) is 0 Å². The van der Waals surface area contributed by atoms with Gasteiger partial charge in [-0.2, -0.15) is 0 Å². The van der Waals surface area contributed by atoms with E-state index in [2.05, 4.69) is 0 Å². The van der Waals surface area contributed by atoms with E-state index in [1.54, 1.807) is 0 Å². The Morgan fingerprint density at radius 1 is 1.18 bits per heavy atom. The normalized spacial score (nSPS) is 16.5. The largest absolute Gasteiger partial charge is 0.369 e. The summed E-state index contributed by atoms with van der Waals surface area (Å²) >= 11 is 0. The monoisotopic (exact) mass is 159 g/mol. The first-order valence-corrected chi connectivity index (χ1v) is 4.45. The molecule has 1 amide bonds. The van der Waals surface area contributed by atoms with E-state index in [4.69, 9.17) is 5.73 Å². The molecule has 0 aromatic carbocycles. The van der Waals surface area contributed by atoms with Crippen molar-refractivity contribution in [3.63, 3.8) is 0 Å². The number of nitrogens with two attached hydrogens (primary N) is 1. The molecule has 0 bridgehead atoms. The van der Waals surface area contributed by atoms with E-state index >= 15 is 0 Å². The topological polar surface area (TPSA) is 43.1 Å². The minimum Gasteiger partial charge on any atom is -0.369 e. The Labute approximate surface area is 70.2 Å². The third-order valence-corrected chi connectivity index (χ3v) is 1.59. The average Bonchev–Trinajstić information content (AvgIpc) is 2.78. The zero-order valence-electron chi connectivity index (χ0n) is 8.40. The fourth-order valence-corrected chi connectivity index (χ4v) is 0.434. The Morgan fingerprint density at radius 2 is 1.45 bits per heavy atom. The predicted molar refractivity (Wildman–Crippen MR) is 49.2 cm³/mol. The lowest BCUT2D eigenvalue weighted by molar-refractivity contribution is -0.122. The molecule has 0 radical (unpaired) electrons. The molecule has 1 saturated carbocycles. The van der Waals surface area contributed by atoms with Crippen LogP contribution in [0, 0.1) is 5.41 Å². The molecule has 0 unspecified atom stereocenters. The van der Waals surface area contributed by atoms with Gasteiger partial charge in [0.2, 0.25) is 5.91 Å².